The van der Waals surface area contributed by atoms with Crippen LogP contribution in [0.15, 0.2) is 121 Å². The summed E-state index contributed by atoms with van der Waals surface area (Å²) in [4.78, 5) is 48.2. The lowest BCUT2D eigenvalue weighted by Gasteiger charge is -2.37. The number of carbonyl (C=O) groups excluding carboxylic acids is 3. The van der Waals surface area contributed by atoms with E-state index in [0.717, 1.165) is 22.1 Å². The summed E-state index contributed by atoms with van der Waals surface area (Å²) in [5.41, 5.74) is 2.81. The Hall–Kier alpha value is -5.46. The maximum Gasteiger partial charge on any atom is 0.269 e. The summed E-state index contributed by atoms with van der Waals surface area (Å²) in [6.07, 6.45) is -0.610. The monoisotopic (exact) mass is 829 g/mol. The second kappa shape index (κ2) is 16.3. The summed E-state index contributed by atoms with van der Waals surface area (Å²) in [5.74, 6) is 0.419. The second-order valence-corrected chi connectivity index (χ2v) is 21.2. The molecule has 8 rings (SSSR count). The molecule has 1 N–H and O–H groups in total. The van der Waals surface area contributed by atoms with E-state index in [2.05, 4.69) is 32.2 Å². The maximum absolute atomic E-state index is 15.5. The van der Waals surface area contributed by atoms with Crippen LogP contribution in [-0.2, 0) is 37.8 Å². The van der Waals surface area contributed by atoms with Gasteiger partial charge in [-0.05, 0) is 71.3 Å². The molecule has 0 saturated carbocycles. The molecule has 12 heteroatoms. The molecule has 10 nitrogen and oxygen atoms in total. The highest BCUT2D eigenvalue weighted by Gasteiger charge is 2.66. The zero-order valence-corrected chi connectivity index (χ0v) is 35.4. The van der Waals surface area contributed by atoms with Gasteiger partial charge >= 0.3 is 0 Å². The highest BCUT2D eigenvalue weighted by Crippen LogP contribution is 2.60. The molecule has 1 saturated heterocycles. The van der Waals surface area contributed by atoms with E-state index in [1.165, 1.54) is 0 Å². The molecule has 4 atom stereocenters. The molecule has 0 aromatic heterocycles. The minimum atomic E-state index is -2.57. The number of rotatable bonds is 12. The molecule has 3 aliphatic heterocycles. The number of fused-ring (bicyclic) bond motifs is 3. The van der Waals surface area contributed by atoms with E-state index in [0.29, 0.717) is 39.9 Å². The normalized spacial score (nSPS) is 21.0. The Kier molecular flexibility index (Phi) is 11.1. The van der Waals surface area contributed by atoms with Gasteiger partial charge in [0.15, 0.2) is 12.2 Å². The first-order valence-corrected chi connectivity index (χ1v) is 23.4. The number of hydrogen-bond acceptors (Lipinski definition) is 7. The summed E-state index contributed by atoms with van der Waals surface area (Å²) in [7, 11) is -0.931. The first-order valence-electron chi connectivity index (χ1n) is 20.0. The number of halogens is 1. The van der Waals surface area contributed by atoms with Gasteiger partial charge in [0.1, 0.15) is 11.5 Å². The predicted octanol–water partition coefficient (Wildman–Crippen LogP) is 7.58. The number of amides is 3. The Labute approximate surface area is 350 Å². The lowest BCUT2D eigenvalue weighted by atomic mass is 9.82. The van der Waals surface area contributed by atoms with Crippen LogP contribution >= 0.6 is 11.6 Å². The quantitative estimate of drug-likeness (QED) is 0.129. The zero-order chi connectivity index (χ0) is 41.5. The van der Waals surface area contributed by atoms with Gasteiger partial charge in [-0.1, -0.05) is 104 Å². The molecule has 0 unspecified atom stereocenters. The molecule has 3 aliphatic rings. The van der Waals surface area contributed by atoms with Crippen LogP contribution < -0.4 is 24.5 Å². The van der Waals surface area contributed by atoms with Crippen molar-refractivity contribution in [3.63, 3.8) is 0 Å². The number of aliphatic hydroxyl groups is 1. The summed E-state index contributed by atoms with van der Waals surface area (Å²) in [5, 5.41) is 11.7. The van der Waals surface area contributed by atoms with E-state index in [4.69, 9.17) is 25.8 Å². The molecule has 59 heavy (non-hydrogen) atoms. The van der Waals surface area contributed by atoms with Crippen molar-refractivity contribution in [1.29, 1.82) is 0 Å². The van der Waals surface area contributed by atoms with Crippen molar-refractivity contribution >= 4 is 59.6 Å². The van der Waals surface area contributed by atoms with Crippen LogP contribution in [0.5, 0.6) is 11.5 Å². The van der Waals surface area contributed by atoms with E-state index in [-0.39, 0.29) is 61.9 Å². The van der Waals surface area contributed by atoms with E-state index < -0.39 is 19.8 Å². The molecule has 5 aromatic carbocycles. The fraction of sp³-hybridized carbons (Fsp3) is 0.298. The molecule has 304 valence electrons. The van der Waals surface area contributed by atoms with Gasteiger partial charge in [0.05, 0.1) is 52.2 Å². The first-order chi connectivity index (χ1) is 28.5. The number of carbonyl (C=O) groups is 3. The summed E-state index contributed by atoms with van der Waals surface area (Å²) < 4.78 is 18.5. The van der Waals surface area contributed by atoms with Crippen molar-refractivity contribution in [2.45, 2.75) is 56.8 Å². The van der Waals surface area contributed by atoms with Crippen molar-refractivity contribution in [2.24, 2.45) is 5.92 Å². The number of para-hydroxylation sites is 2. The molecular formula is C47H48ClN3O7Si. The lowest BCUT2D eigenvalue weighted by Crippen LogP contribution is -2.52. The van der Waals surface area contributed by atoms with Gasteiger partial charge in [0, 0.05) is 35.3 Å². The highest BCUT2D eigenvalue weighted by molar-refractivity contribution is 6.91. The molecule has 1 fully saturated rings. The first kappa shape index (κ1) is 40.3. The van der Waals surface area contributed by atoms with Crippen LogP contribution in [0.4, 0.5) is 17.1 Å². The van der Waals surface area contributed by atoms with Crippen LogP contribution in [0.1, 0.15) is 30.0 Å². The van der Waals surface area contributed by atoms with Crippen molar-refractivity contribution in [3.8, 4) is 11.5 Å². The molecule has 1 spiro atoms. The maximum atomic E-state index is 15.5. The van der Waals surface area contributed by atoms with E-state index in [9.17, 15) is 14.7 Å². The Morgan fingerprint density at radius 2 is 1.64 bits per heavy atom. The molecule has 3 amide bonds. The largest absolute Gasteiger partial charge is 0.497 e. The molecule has 3 heterocycles. The van der Waals surface area contributed by atoms with E-state index in [1.54, 1.807) is 27.9 Å². The average molecular weight is 830 g/mol. The molecule has 5 aromatic rings. The van der Waals surface area contributed by atoms with Gasteiger partial charge in [0.2, 0.25) is 5.91 Å². The van der Waals surface area contributed by atoms with Gasteiger partial charge in [-0.3, -0.25) is 19.3 Å². The molecular weight excluding hydrogens is 782 g/mol. The van der Waals surface area contributed by atoms with Crippen LogP contribution in [0.3, 0.4) is 0 Å². The van der Waals surface area contributed by atoms with Crippen molar-refractivity contribution < 1.29 is 33.7 Å². The number of ether oxygens (including phenoxy) is 3. The number of aliphatic hydroxyl groups excluding tert-OH is 1. The van der Waals surface area contributed by atoms with Crippen LogP contribution in [0.25, 0.3) is 0 Å². The number of nitrogens with zero attached hydrogens (tertiary/aromatic N) is 3. The number of benzene rings is 5. The predicted molar refractivity (Wildman–Crippen MR) is 231 cm³/mol. The second-order valence-electron chi connectivity index (χ2n) is 16.1. The fourth-order valence-electron chi connectivity index (χ4n) is 9.52. The Morgan fingerprint density at radius 1 is 0.915 bits per heavy atom. The SMILES string of the molecule is COc1ccc([Si](C)(C)[C@H]2[C@H](CC(=O)N(CCO)Cc3ccccc3)O[C@@]3(C(=O)N(Cc4cccc(N5C(=O)COc6ccccc65)c4)c4ccc(Cl)cc43)[C@@H]2C)cc1. The van der Waals surface area contributed by atoms with Gasteiger partial charge in [0.25, 0.3) is 11.8 Å². The Morgan fingerprint density at radius 3 is 2.39 bits per heavy atom. The minimum absolute atomic E-state index is 0.0243. The molecule has 0 bridgehead atoms. The topological polar surface area (TPSA) is 109 Å². The third kappa shape index (κ3) is 7.30. The minimum Gasteiger partial charge on any atom is -0.497 e. The summed E-state index contributed by atoms with van der Waals surface area (Å²) >= 11 is 6.75. The van der Waals surface area contributed by atoms with E-state index in [1.807, 2.05) is 103 Å². The van der Waals surface area contributed by atoms with Gasteiger partial charge < -0.3 is 29.1 Å². The van der Waals surface area contributed by atoms with Crippen molar-refractivity contribution in [1.82, 2.24) is 4.90 Å². The van der Waals surface area contributed by atoms with Crippen LogP contribution in [0.2, 0.25) is 23.7 Å². The van der Waals surface area contributed by atoms with Crippen molar-refractivity contribution in [2.75, 3.05) is 36.7 Å². The third-order valence-electron chi connectivity index (χ3n) is 12.3. The number of anilines is 3. The number of hydrogen-bond donors (Lipinski definition) is 1. The Balaban J connectivity index is 1.17. The molecule has 0 aliphatic carbocycles. The fourth-order valence-corrected chi connectivity index (χ4v) is 13.7. The number of methoxy groups -OCH3 is 1. The Bertz CT molecular complexity index is 2380. The highest BCUT2D eigenvalue weighted by atomic mass is 35.5. The van der Waals surface area contributed by atoms with E-state index >= 15 is 4.79 Å². The molecule has 0 radical (unpaired) electrons. The van der Waals surface area contributed by atoms with Gasteiger partial charge in [-0.15, -0.1) is 0 Å². The zero-order valence-electron chi connectivity index (χ0n) is 33.6. The summed E-state index contributed by atoms with van der Waals surface area (Å²) in [6.45, 7) is 7.07. The van der Waals surface area contributed by atoms with Gasteiger partial charge in [-0.2, -0.15) is 0 Å². The third-order valence-corrected chi connectivity index (χ3v) is 16.9. The standard InChI is InChI=1S/C47H48ClN3O7Si/c1-31-45(59(3,4)37-20-18-36(56-2)19-21-37)42(27-43(53)49(23-24-52)28-32-11-6-5-7-12-32)58-47(31)38-26-34(48)17-22-39(38)50(46(47)55)29-33-13-10-14-35(25-33)51-40-15-8-9-16-41(40)57-30-44(51)54/h5-22,25-26,31,42,45,52H,23-24,27-30H2,1-4H3/t31-,42+,45-,47+/m1/s1. The summed E-state index contributed by atoms with van der Waals surface area (Å²) in [6, 6.07) is 38.4. The van der Waals surface area contributed by atoms with Crippen molar-refractivity contribution in [3.05, 3.63) is 143 Å². The average Bonchev–Trinajstić information content (AvgIpc) is 3.66. The lowest BCUT2D eigenvalue weighted by molar-refractivity contribution is -0.150. The van der Waals surface area contributed by atoms with Crippen LogP contribution in [0, 0.1) is 5.92 Å². The smallest absolute Gasteiger partial charge is 0.269 e. The van der Waals surface area contributed by atoms with Crippen LogP contribution in [-0.4, -0.2) is 68.8 Å². The van der Waals surface area contributed by atoms with Gasteiger partial charge in [-0.25, -0.2) is 0 Å².